The minimum Gasteiger partial charge on any atom is -0.481 e. The van der Waals surface area contributed by atoms with E-state index in [0.29, 0.717) is 12.8 Å². The van der Waals surface area contributed by atoms with E-state index in [1.54, 1.807) is 0 Å². The lowest BCUT2D eigenvalue weighted by Gasteiger charge is -2.13. The molecule has 0 radical (unpaired) electrons. The maximum absolute atomic E-state index is 12.1. The lowest BCUT2D eigenvalue weighted by Crippen LogP contribution is -2.14. The monoisotopic (exact) mass is 536 g/mol. The summed E-state index contributed by atoms with van der Waals surface area (Å²) in [4.78, 5) is 22.5. The molecule has 0 aromatic heterocycles. The van der Waals surface area contributed by atoms with Crippen LogP contribution in [0.2, 0.25) is 0 Å². The zero-order valence-electron chi connectivity index (χ0n) is 25.5. The average Bonchev–Trinajstić information content (AvgIpc) is 2.88. The van der Waals surface area contributed by atoms with Gasteiger partial charge in [-0.15, -0.1) is 0 Å². The third kappa shape index (κ3) is 30.9. The number of hydrogen-bond donors (Lipinski definition) is 1. The van der Waals surface area contributed by atoms with Crippen molar-refractivity contribution >= 4 is 11.9 Å². The first-order valence-corrected chi connectivity index (χ1v) is 16.6. The highest BCUT2D eigenvalue weighted by Crippen LogP contribution is 2.15. The van der Waals surface area contributed by atoms with Crippen LogP contribution in [0, 0.1) is 0 Å². The van der Waals surface area contributed by atoms with Gasteiger partial charge in [-0.1, -0.05) is 128 Å². The molecule has 0 heterocycles. The highest BCUT2D eigenvalue weighted by Gasteiger charge is 2.09. The molecule has 0 aromatic carbocycles. The Morgan fingerprint density at radius 1 is 0.579 bits per heavy atom. The lowest BCUT2D eigenvalue weighted by molar-refractivity contribution is -0.148. The van der Waals surface area contributed by atoms with E-state index in [0.717, 1.165) is 38.5 Å². The van der Waals surface area contributed by atoms with Crippen molar-refractivity contribution in [2.24, 2.45) is 0 Å². The van der Waals surface area contributed by atoms with Gasteiger partial charge in [-0.25, -0.2) is 0 Å². The number of hydrogen-bond acceptors (Lipinski definition) is 3. The van der Waals surface area contributed by atoms with Crippen molar-refractivity contribution in [3.63, 3.8) is 0 Å². The standard InChI is InChI=1S/C34H64O4/c1-3-4-5-6-7-8-9-10-11-16-19-22-25-28-31-34(37)38-32(2)29-26-23-20-17-14-12-13-15-18-21-24-27-30-33(35)36/h8-9,32H,3-7,10-31H2,1-2H3,(H,35,36)/b9-8-. The Kier molecular flexibility index (Phi) is 29.2. The van der Waals surface area contributed by atoms with Gasteiger partial charge in [0.25, 0.3) is 0 Å². The van der Waals surface area contributed by atoms with E-state index in [1.165, 1.54) is 122 Å². The first-order valence-electron chi connectivity index (χ1n) is 16.6. The van der Waals surface area contributed by atoms with Crippen LogP contribution in [0.1, 0.15) is 187 Å². The summed E-state index contributed by atoms with van der Waals surface area (Å²) in [7, 11) is 0. The Morgan fingerprint density at radius 3 is 1.45 bits per heavy atom. The number of ether oxygens (including phenoxy) is 1. The summed E-state index contributed by atoms with van der Waals surface area (Å²) in [5.41, 5.74) is 0. The molecule has 0 amide bonds. The Bertz CT molecular complexity index is 543. The van der Waals surface area contributed by atoms with Gasteiger partial charge in [0.2, 0.25) is 0 Å². The number of rotatable bonds is 30. The van der Waals surface area contributed by atoms with Crippen LogP contribution >= 0.6 is 0 Å². The maximum Gasteiger partial charge on any atom is 0.306 e. The van der Waals surface area contributed by atoms with Gasteiger partial charge in [-0.2, -0.15) is 0 Å². The number of esters is 1. The predicted molar refractivity (Wildman–Crippen MR) is 163 cm³/mol. The van der Waals surface area contributed by atoms with E-state index in [4.69, 9.17) is 9.84 Å². The summed E-state index contributed by atoms with van der Waals surface area (Å²) >= 11 is 0. The molecule has 0 bridgehead atoms. The van der Waals surface area contributed by atoms with Gasteiger partial charge >= 0.3 is 11.9 Å². The van der Waals surface area contributed by atoms with E-state index < -0.39 is 5.97 Å². The molecular weight excluding hydrogens is 472 g/mol. The second kappa shape index (κ2) is 30.2. The smallest absolute Gasteiger partial charge is 0.306 e. The molecule has 0 aliphatic rings. The Labute approximate surface area is 236 Å². The van der Waals surface area contributed by atoms with Gasteiger partial charge in [0, 0.05) is 12.8 Å². The fraction of sp³-hybridized carbons (Fsp3) is 0.882. The molecule has 1 atom stereocenters. The van der Waals surface area contributed by atoms with Crippen LogP contribution in [0.25, 0.3) is 0 Å². The maximum atomic E-state index is 12.1. The number of carboxylic acid groups (broad SMARTS) is 1. The van der Waals surface area contributed by atoms with Gasteiger partial charge in [-0.3, -0.25) is 9.59 Å². The van der Waals surface area contributed by atoms with Crippen LogP contribution in [0.15, 0.2) is 12.2 Å². The van der Waals surface area contributed by atoms with Gasteiger partial charge in [-0.05, 0) is 58.3 Å². The van der Waals surface area contributed by atoms with Crippen molar-refractivity contribution in [3.05, 3.63) is 12.2 Å². The number of carbonyl (C=O) groups is 2. The molecule has 4 heteroatoms. The Morgan fingerprint density at radius 2 is 0.974 bits per heavy atom. The molecule has 0 aliphatic heterocycles. The van der Waals surface area contributed by atoms with Crippen molar-refractivity contribution in [3.8, 4) is 0 Å². The fourth-order valence-corrected chi connectivity index (χ4v) is 4.98. The van der Waals surface area contributed by atoms with Crippen molar-refractivity contribution in [1.29, 1.82) is 0 Å². The van der Waals surface area contributed by atoms with E-state index >= 15 is 0 Å². The fourth-order valence-electron chi connectivity index (χ4n) is 4.98. The predicted octanol–water partition coefficient (Wildman–Crippen LogP) is 11.1. The summed E-state index contributed by atoms with van der Waals surface area (Å²) in [5, 5.41) is 8.62. The first kappa shape index (κ1) is 36.7. The molecule has 38 heavy (non-hydrogen) atoms. The first-order chi connectivity index (χ1) is 18.6. The Hall–Kier alpha value is -1.32. The summed E-state index contributed by atoms with van der Waals surface area (Å²) in [6.45, 7) is 4.30. The number of unbranched alkanes of at least 4 members (excludes halogenated alkanes) is 21. The second-order valence-corrected chi connectivity index (χ2v) is 11.5. The third-order valence-corrected chi connectivity index (χ3v) is 7.48. The number of carboxylic acids is 1. The second-order valence-electron chi connectivity index (χ2n) is 11.5. The zero-order chi connectivity index (χ0) is 27.9. The van der Waals surface area contributed by atoms with Crippen LogP contribution in [0.3, 0.4) is 0 Å². The third-order valence-electron chi connectivity index (χ3n) is 7.48. The molecule has 0 saturated carbocycles. The highest BCUT2D eigenvalue weighted by molar-refractivity contribution is 5.69. The average molecular weight is 537 g/mol. The topological polar surface area (TPSA) is 63.6 Å². The normalized spacial score (nSPS) is 12.3. The summed E-state index contributed by atoms with van der Waals surface area (Å²) < 4.78 is 5.61. The van der Waals surface area contributed by atoms with E-state index in [1.807, 2.05) is 6.92 Å². The van der Waals surface area contributed by atoms with Gasteiger partial charge in [0.1, 0.15) is 0 Å². The molecule has 1 N–H and O–H groups in total. The molecular formula is C34H64O4. The van der Waals surface area contributed by atoms with Crippen LogP contribution in [-0.4, -0.2) is 23.1 Å². The zero-order valence-corrected chi connectivity index (χ0v) is 25.5. The lowest BCUT2D eigenvalue weighted by atomic mass is 10.0. The van der Waals surface area contributed by atoms with Crippen LogP contribution in [0.4, 0.5) is 0 Å². The van der Waals surface area contributed by atoms with E-state index in [2.05, 4.69) is 19.1 Å². The van der Waals surface area contributed by atoms with E-state index in [-0.39, 0.29) is 12.1 Å². The minimum absolute atomic E-state index is 0.0107. The van der Waals surface area contributed by atoms with Crippen LogP contribution in [0.5, 0.6) is 0 Å². The molecule has 4 nitrogen and oxygen atoms in total. The van der Waals surface area contributed by atoms with Crippen LogP contribution < -0.4 is 0 Å². The molecule has 0 fully saturated rings. The van der Waals surface area contributed by atoms with Gasteiger partial charge in [0.15, 0.2) is 0 Å². The summed E-state index contributed by atoms with van der Waals surface area (Å²) in [6.07, 6.45) is 36.3. The van der Waals surface area contributed by atoms with Crippen molar-refractivity contribution in [2.45, 2.75) is 193 Å². The molecule has 0 aromatic rings. The van der Waals surface area contributed by atoms with E-state index in [9.17, 15) is 9.59 Å². The number of allylic oxidation sites excluding steroid dienone is 2. The van der Waals surface area contributed by atoms with Crippen molar-refractivity contribution < 1.29 is 19.4 Å². The number of carbonyl (C=O) groups excluding carboxylic acids is 1. The highest BCUT2D eigenvalue weighted by atomic mass is 16.5. The molecule has 0 rings (SSSR count). The Balaban J connectivity index is 3.33. The molecule has 0 spiro atoms. The van der Waals surface area contributed by atoms with Crippen molar-refractivity contribution in [1.82, 2.24) is 0 Å². The quantitative estimate of drug-likeness (QED) is 0.0563. The van der Waals surface area contributed by atoms with Crippen molar-refractivity contribution in [2.75, 3.05) is 0 Å². The molecule has 1 unspecified atom stereocenters. The van der Waals surface area contributed by atoms with Gasteiger partial charge < -0.3 is 9.84 Å². The molecule has 224 valence electrons. The SMILES string of the molecule is CCCCCC/C=C\CCCCCCCCC(=O)OC(C)CCCCCCCCCCCCCCC(=O)O. The largest absolute Gasteiger partial charge is 0.481 e. The number of aliphatic carboxylic acids is 1. The van der Waals surface area contributed by atoms with Gasteiger partial charge in [0.05, 0.1) is 6.10 Å². The summed E-state index contributed by atoms with van der Waals surface area (Å²) in [6, 6.07) is 0. The minimum atomic E-state index is -0.672. The summed E-state index contributed by atoms with van der Waals surface area (Å²) in [5.74, 6) is -0.682. The van der Waals surface area contributed by atoms with Crippen LogP contribution in [-0.2, 0) is 14.3 Å². The molecule has 0 aliphatic carbocycles. The molecule has 0 saturated heterocycles.